The van der Waals surface area contributed by atoms with E-state index in [4.69, 9.17) is 5.73 Å². The van der Waals surface area contributed by atoms with Gasteiger partial charge in [-0.25, -0.2) is 0 Å². The van der Waals surface area contributed by atoms with Crippen molar-refractivity contribution in [3.8, 4) is 0 Å². The van der Waals surface area contributed by atoms with E-state index in [1.54, 1.807) is 0 Å². The highest BCUT2D eigenvalue weighted by molar-refractivity contribution is 5.38. The number of hydrogen-bond acceptors (Lipinski definition) is 1. The number of anilines is 1. The lowest BCUT2D eigenvalue weighted by atomic mass is 10.2. The van der Waals surface area contributed by atoms with Crippen LogP contribution in [0.3, 0.4) is 0 Å². The molecular weight excluding hydrogens is 191 g/mol. The molecular formula is C10H14F3N. The second-order valence-electron chi connectivity index (χ2n) is 2.88. The smallest absolute Gasteiger partial charge is 0.388 e. The van der Waals surface area contributed by atoms with Gasteiger partial charge in [0.1, 0.15) is 0 Å². The maximum absolute atomic E-state index is 10.8. The number of benzene rings is 1. The standard InChI is InChI=1S/C7H9N.C3H5F3/c1-6-2-4-7(8)5-3-6;1-2-3(4,5)6/h2-5H,8H2,1H3;2H2,1H3. The van der Waals surface area contributed by atoms with Gasteiger partial charge in [0, 0.05) is 12.1 Å². The molecule has 0 aliphatic carbocycles. The molecule has 0 saturated carbocycles. The molecule has 0 amide bonds. The highest BCUT2D eigenvalue weighted by Gasteiger charge is 2.22. The van der Waals surface area contributed by atoms with Crippen molar-refractivity contribution in [2.75, 3.05) is 5.73 Å². The van der Waals surface area contributed by atoms with Gasteiger partial charge in [-0.2, -0.15) is 13.2 Å². The number of rotatable bonds is 0. The van der Waals surface area contributed by atoms with Gasteiger partial charge in [-0.1, -0.05) is 24.6 Å². The van der Waals surface area contributed by atoms with Gasteiger partial charge in [-0.05, 0) is 19.1 Å². The molecule has 1 nitrogen and oxygen atoms in total. The normalized spacial score (nSPS) is 10.4. The summed E-state index contributed by atoms with van der Waals surface area (Å²) in [5.41, 5.74) is 7.51. The predicted octanol–water partition coefficient (Wildman–Crippen LogP) is 3.54. The summed E-state index contributed by atoms with van der Waals surface area (Å²) in [4.78, 5) is 0. The number of halogens is 3. The van der Waals surface area contributed by atoms with Gasteiger partial charge in [0.15, 0.2) is 0 Å². The Labute approximate surface area is 81.7 Å². The van der Waals surface area contributed by atoms with E-state index in [9.17, 15) is 13.2 Å². The first-order valence-electron chi connectivity index (χ1n) is 4.24. The topological polar surface area (TPSA) is 26.0 Å². The van der Waals surface area contributed by atoms with Crippen molar-refractivity contribution in [3.63, 3.8) is 0 Å². The van der Waals surface area contributed by atoms with Crippen molar-refractivity contribution in [2.45, 2.75) is 26.4 Å². The molecule has 80 valence electrons. The quantitative estimate of drug-likeness (QED) is 0.644. The van der Waals surface area contributed by atoms with Crippen molar-refractivity contribution >= 4 is 5.69 Å². The minimum atomic E-state index is -3.96. The number of aryl methyl sites for hydroxylation is 1. The summed E-state index contributed by atoms with van der Waals surface area (Å²) in [5, 5.41) is 0. The lowest BCUT2D eigenvalue weighted by molar-refractivity contribution is -0.130. The zero-order valence-electron chi connectivity index (χ0n) is 8.23. The maximum Gasteiger partial charge on any atom is 0.388 e. The predicted molar refractivity (Wildman–Crippen MR) is 51.9 cm³/mol. The van der Waals surface area contributed by atoms with E-state index < -0.39 is 12.6 Å². The first-order chi connectivity index (χ1) is 6.35. The molecule has 0 aromatic heterocycles. The van der Waals surface area contributed by atoms with Crippen molar-refractivity contribution in [1.82, 2.24) is 0 Å². The van der Waals surface area contributed by atoms with E-state index >= 15 is 0 Å². The second kappa shape index (κ2) is 5.52. The molecule has 4 heteroatoms. The molecule has 0 aliphatic heterocycles. The van der Waals surface area contributed by atoms with E-state index in [0.717, 1.165) is 12.6 Å². The molecule has 1 rings (SSSR count). The van der Waals surface area contributed by atoms with E-state index in [0.29, 0.717) is 0 Å². The third-order valence-corrected chi connectivity index (χ3v) is 1.48. The van der Waals surface area contributed by atoms with Gasteiger partial charge < -0.3 is 5.73 Å². The molecule has 0 aliphatic rings. The zero-order valence-corrected chi connectivity index (χ0v) is 8.23. The molecule has 0 unspecified atom stereocenters. The van der Waals surface area contributed by atoms with Crippen LogP contribution < -0.4 is 5.73 Å². The van der Waals surface area contributed by atoms with Gasteiger partial charge in [0.05, 0.1) is 0 Å². The van der Waals surface area contributed by atoms with Gasteiger partial charge >= 0.3 is 6.18 Å². The van der Waals surface area contributed by atoms with Crippen LogP contribution in [0.2, 0.25) is 0 Å². The largest absolute Gasteiger partial charge is 0.399 e. The number of nitrogen functional groups attached to an aromatic ring is 1. The summed E-state index contributed by atoms with van der Waals surface area (Å²) in [6.07, 6.45) is -4.69. The van der Waals surface area contributed by atoms with Crippen LogP contribution in [0.25, 0.3) is 0 Å². The fraction of sp³-hybridized carbons (Fsp3) is 0.400. The number of hydrogen-bond donors (Lipinski definition) is 1. The van der Waals surface area contributed by atoms with Crippen LogP contribution in [-0.4, -0.2) is 6.18 Å². The van der Waals surface area contributed by atoms with Gasteiger partial charge in [0.2, 0.25) is 0 Å². The van der Waals surface area contributed by atoms with E-state index in [-0.39, 0.29) is 0 Å². The molecule has 0 radical (unpaired) electrons. The summed E-state index contributed by atoms with van der Waals surface area (Å²) >= 11 is 0. The van der Waals surface area contributed by atoms with Crippen LogP contribution in [0.5, 0.6) is 0 Å². The van der Waals surface area contributed by atoms with E-state index in [1.165, 1.54) is 5.56 Å². The summed E-state index contributed by atoms with van der Waals surface area (Å²) in [5.74, 6) is 0. The van der Waals surface area contributed by atoms with Crippen molar-refractivity contribution < 1.29 is 13.2 Å². The Morgan fingerprint density at radius 1 is 1.14 bits per heavy atom. The number of nitrogens with two attached hydrogens (primary N) is 1. The summed E-state index contributed by atoms with van der Waals surface area (Å²) in [6.45, 7) is 3.12. The Balaban J connectivity index is 0.000000255. The summed E-state index contributed by atoms with van der Waals surface area (Å²) in [7, 11) is 0. The molecule has 0 bridgehead atoms. The molecule has 14 heavy (non-hydrogen) atoms. The molecule has 2 N–H and O–H groups in total. The molecule has 1 aromatic rings. The molecule has 1 aromatic carbocycles. The maximum atomic E-state index is 10.8. The molecule has 0 heterocycles. The fourth-order valence-corrected chi connectivity index (χ4v) is 0.566. The first-order valence-corrected chi connectivity index (χ1v) is 4.24. The minimum Gasteiger partial charge on any atom is -0.399 e. The summed E-state index contributed by atoms with van der Waals surface area (Å²) in [6, 6.07) is 7.79. The van der Waals surface area contributed by atoms with Crippen LogP contribution in [0.4, 0.5) is 18.9 Å². The third kappa shape index (κ3) is 7.46. The molecule has 0 atom stereocenters. The highest BCUT2D eigenvalue weighted by atomic mass is 19.4. The number of alkyl halides is 3. The Kier molecular flexibility index (Phi) is 5.05. The molecule has 0 fully saturated rings. The minimum absolute atomic E-state index is 0.729. The third-order valence-electron chi connectivity index (χ3n) is 1.48. The summed E-state index contributed by atoms with van der Waals surface area (Å²) < 4.78 is 32.4. The van der Waals surface area contributed by atoms with E-state index in [1.807, 2.05) is 31.2 Å². The monoisotopic (exact) mass is 205 g/mol. The Morgan fingerprint density at radius 2 is 1.50 bits per heavy atom. The first kappa shape index (κ1) is 12.8. The highest BCUT2D eigenvalue weighted by Crippen LogP contribution is 2.17. The SMILES string of the molecule is CCC(F)(F)F.Cc1ccc(N)cc1. The Hall–Kier alpha value is -1.19. The van der Waals surface area contributed by atoms with Gasteiger partial charge in [-0.3, -0.25) is 0 Å². The van der Waals surface area contributed by atoms with Crippen molar-refractivity contribution in [3.05, 3.63) is 29.8 Å². The van der Waals surface area contributed by atoms with Crippen molar-refractivity contribution in [2.24, 2.45) is 0 Å². The zero-order chi connectivity index (χ0) is 11.2. The van der Waals surface area contributed by atoms with Crippen molar-refractivity contribution in [1.29, 1.82) is 0 Å². The molecule has 0 spiro atoms. The Bertz CT molecular complexity index is 230. The second-order valence-corrected chi connectivity index (χ2v) is 2.88. The average Bonchev–Trinajstić information content (AvgIpc) is 2.10. The average molecular weight is 205 g/mol. The van der Waals surface area contributed by atoms with Gasteiger partial charge in [0.25, 0.3) is 0 Å². The molecule has 0 saturated heterocycles. The van der Waals surface area contributed by atoms with E-state index in [2.05, 4.69) is 0 Å². The van der Waals surface area contributed by atoms with Crippen LogP contribution in [0, 0.1) is 6.92 Å². The van der Waals surface area contributed by atoms with Crippen LogP contribution in [0.15, 0.2) is 24.3 Å². The lowest BCUT2D eigenvalue weighted by Gasteiger charge is -1.96. The van der Waals surface area contributed by atoms with Crippen LogP contribution in [-0.2, 0) is 0 Å². The lowest BCUT2D eigenvalue weighted by Crippen LogP contribution is -2.02. The Morgan fingerprint density at radius 3 is 1.71 bits per heavy atom. The fourth-order valence-electron chi connectivity index (χ4n) is 0.566. The van der Waals surface area contributed by atoms with Crippen LogP contribution >= 0.6 is 0 Å². The van der Waals surface area contributed by atoms with Gasteiger partial charge in [-0.15, -0.1) is 0 Å². The van der Waals surface area contributed by atoms with Crippen LogP contribution in [0.1, 0.15) is 18.9 Å².